The molecule has 0 amide bonds. The third-order valence-electron chi connectivity index (χ3n) is 3.01. The van der Waals surface area contributed by atoms with Crippen molar-refractivity contribution < 1.29 is 13.5 Å². The van der Waals surface area contributed by atoms with Gasteiger partial charge in [-0.25, -0.2) is 13.8 Å². The first-order valence-electron chi connectivity index (χ1n) is 5.99. The van der Waals surface area contributed by atoms with Gasteiger partial charge in [0.2, 0.25) is 0 Å². The number of nitrogens with zero attached hydrogens (tertiary/aromatic N) is 2. The molecule has 2 rings (SSSR count). The van der Waals surface area contributed by atoms with Crippen molar-refractivity contribution in [1.29, 1.82) is 0 Å². The Morgan fingerprint density at radius 2 is 2.16 bits per heavy atom. The molecule has 0 aliphatic carbocycles. The van der Waals surface area contributed by atoms with Crippen LogP contribution in [0.4, 0.5) is 8.78 Å². The number of hydrogen-bond acceptors (Lipinski definition) is 2. The Kier molecular flexibility index (Phi) is 4.37. The van der Waals surface area contributed by atoms with Crippen LogP contribution in [0, 0.1) is 11.6 Å². The number of aromatic nitrogens is 2. The van der Waals surface area contributed by atoms with Crippen molar-refractivity contribution in [1.82, 2.24) is 9.55 Å². The van der Waals surface area contributed by atoms with Gasteiger partial charge in [-0.1, -0.05) is 0 Å². The van der Waals surface area contributed by atoms with Crippen LogP contribution in [-0.2, 0) is 17.7 Å². The molecule has 6 heteroatoms. The number of aryl methyl sites for hydroxylation is 1. The number of benzene rings is 1. The minimum Gasteiger partial charge on any atom is -0.380 e. The Labute approximate surface area is 115 Å². The van der Waals surface area contributed by atoms with Gasteiger partial charge in [-0.2, -0.15) is 0 Å². The lowest BCUT2D eigenvalue weighted by atomic mass is 10.3. The van der Waals surface area contributed by atoms with E-state index in [0.29, 0.717) is 30.2 Å². The van der Waals surface area contributed by atoms with Gasteiger partial charge in [-0.15, -0.1) is 11.6 Å². The van der Waals surface area contributed by atoms with Crippen LogP contribution >= 0.6 is 11.6 Å². The summed E-state index contributed by atoms with van der Waals surface area (Å²) in [6.07, 6.45) is 0.408. The molecule has 3 nitrogen and oxygen atoms in total. The molecule has 1 aromatic heterocycles. The molecule has 2 aromatic rings. The van der Waals surface area contributed by atoms with Crippen molar-refractivity contribution >= 4 is 22.6 Å². The maximum atomic E-state index is 13.7. The molecule has 0 radical (unpaired) electrons. The lowest BCUT2D eigenvalue weighted by Gasteiger charge is -2.13. The highest BCUT2D eigenvalue weighted by molar-refractivity contribution is 6.17. The molecule has 19 heavy (non-hydrogen) atoms. The van der Waals surface area contributed by atoms with E-state index in [2.05, 4.69) is 4.98 Å². The molecule has 0 aliphatic rings. The highest BCUT2D eigenvalue weighted by Gasteiger charge is 2.16. The normalized spacial score (nSPS) is 13.1. The molecule has 0 saturated carbocycles. The van der Waals surface area contributed by atoms with Crippen molar-refractivity contribution in [2.75, 3.05) is 13.0 Å². The summed E-state index contributed by atoms with van der Waals surface area (Å²) in [5, 5.41) is 0. The monoisotopic (exact) mass is 288 g/mol. The zero-order chi connectivity index (χ0) is 14.0. The van der Waals surface area contributed by atoms with Crippen molar-refractivity contribution in [3.8, 4) is 0 Å². The number of imidazole rings is 1. The van der Waals surface area contributed by atoms with E-state index in [0.717, 1.165) is 6.07 Å². The van der Waals surface area contributed by atoms with Gasteiger partial charge in [0, 0.05) is 25.5 Å². The van der Waals surface area contributed by atoms with Gasteiger partial charge >= 0.3 is 0 Å². The summed E-state index contributed by atoms with van der Waals surface area (Å²) >= 11 is 5.72. The second kappa shape index (κ2) is 5.84. The van der Waals surface area contributed by atoms with Crippen LogP contribution in [0.3, 0.4) is 0 Å². The first kappa shape index (κ1) is 14.2. The Morgan fingerprint density at radius 1 is 1.42 bits per heavy atom. The molecule has 0 aliphatic heterocycles. The van der Waals surface area contributed by atoms with Gasteiger partial charge in [-0.05, 0) is 13.0 Å². The van der Waals surface area contributed by atoms with E-state index in [1.807, 2.05) is 6.92 Å². The number of hydrogen-bond donors (Lipinski definition) is 0. The number of fused-ring (bicyclic) bond motifs is 1. The standard InChI is InChI=1S/C13H15ClF2N2O/c1-8(19-2)7-18-11-6-9(15)5-10(16)13(11)17-12(18)3-4-14/h5-6,8H,3-4,7H2,1-2H3. The average molecular weight is 289 g/mol. The van der Waals surface area contributed by atoms with E-state index in [-0.39, 0.29) is 11.6 Å². The van der Waals surface area contributed by atoms with E-state index in [9.17, 15) is 8.78 Å². The molecule has 1 unspecified atom stereocenters. The number of methoxy groups -OCH3 is 1. The Balaban J connectivity index is 2.58. The second-order valence-corrected chi connectivity index (χ2v) is 4.76. The summed E-state index contributed by atoms with van der Waals surface area (Å²) in [4.78, 5) is 4.21. The van der Waals surface area contributed by atoms with Crippen molar-refractivity contribution in [3.63, 3.8) is 0 Å². The average Bonchev–Trinajstić information content (AvgIpc) is 2.69. The third kappa shape index (κ3) is 2.87. The molecule has 0 N–H and O–H groups in total. The van der Waals surface area contributed by atoms with Crippen molar-refractivity contribution in [3.05, 3.63) is 29.6 Å². The fourth-order valence-electron chi connectivity index (χ4n) is 2.01. The summed E-state index contributed by atoms with van der Waals surface area (Å²) in [5.41, 5.74) is 0.603. The highest BCUT2D eigenvalue weighted by atomic mass is 35.5. The Hall–Kier alpha value is -1.20. The molecule has 0 saturated heterocycles. The molecule has 0 spiro atoms. The second-order valence-electron chi connectivity index (χ2n) is 4.38. The maximum absolute atomic E-state index is 13.7. The summed E-state index contributed by atoms with van der Waals surface area (Å²) in [5.74, 6) is -0.268. The zero-order valence-electron chi connectivity index (χ0n) is 10.8. The number of rotatable bonds is 5. The fourth-order valence-corrected chi connectivity index (χ4v) is 2.18. The molecular formula is C13H15ClF2N2O. The van der Waals surface area contributed by atoms with Gasteiger partial charge < -0.3 is 9.30 Å². The Morgan fingerprint density at radius 3 is 2.79 bits per heavy atom. The lowest BCUT2D eigenvalue weighted by molar-refractivity contribution is 0.103. The van der Waals surface area contributed by atoms with Crippen LogP contribution in [0.15, 0.2) is 12.1 Å². The summed E-state index contributed by atoms with van der Waals surface area (Å²) < 4.78 is 34.0. The van der Waals surface area contributed by atoms with E-state index >= 15 is 0 Å². The van der Waals surface area contributed by atoms with Crippen LogP contribution in [0.5, 0.6) is 0 Å². The van der Waals surface area contributed by atoms with Gasteiger partial charge in [0.15, 0.2) is 5.82 Å². The van der Waals surface area contributed by atoms with Gasteiger partial charge in [0.1, 0.15) is 17.2 Å². The number of alkyl halides is 1. The van der Waals surface area contributed by atoms with E-state index in [1.54, 1.807) is 11.7 Å². The first-order valence-corrected chi connectivity index (χ1v) is 6.53. The molecule has 0 fully saturated rings. The molecule has 0 bridgehead atoms. The van der Waals surface area contributed by atoms with Crippen LogP contribution in [0.1, 0.15) is 12.7 Å². The largest absolute Gasteiger partial charge is 0.380 e. The third-order valence-corrected chi connectivity index (χ3v) is 3.20. The summed E-state index contributed by atoms with van der Waals surface area (Å²) in [6, 6.07) is 2.12. The smallest absolute Gasteiger partial charge is 0.153 e. The van der Waals surface area contributed by atoms with E-state index in [1.165, 1.54) is 6.07 Å². The molecular weight excluding hydrogens is 274 g/mol. The van der Waals surface area contributed by atoms with Crippen molar-refractivity contribution in [2.24, 2.45) is 0 Å². The molecule has 1 atom stereocenters. The van der Waals surface area contributed by atoms with Gasteiger partial charge in [0.25, 0.3) is 0 Å². The quantitative estimate of drug-likeness (QED) is 0.791. The maximum Gasteiger partial charge on any atom is 0.153 e. The molecule has 1 aromatic carbocycles. The zero-order valence-corrected chi connectivity index (χ0v) is 11.5. The minimum absolute atomic E-state index is 0.0854. The van der Waals surface area contributed by atoms with Crippen LogP contribution in [-0.4, -0.2) is 28.6 Å². The van der Waals surface area contributed by atoms with Gasteiger partial charge in [0.05, 0.1) is 18.2 Å². The predicted molar refractivity (Wildman–Crippen MR) is 70.5 cm³/mol. The first-order chi connectivity index (χ1) is 9.06. The fraction of sp³-hybridized carbons (Fsp3) is 0.462. The SMILES string of the molecule is COC(C)Cn1c(CCCl)nc2c(F)cc(F)cc21. The van der Waals surface area contributed by atoms with E-state index in [4.69, 9.17) is 16.3 Å². The summed E-state index contributed by atoms with van der Waals surface area (Å²) in [7, 11) is 1.59. The molecule has 104 valence electrons. The Bertz CT molecular complexity index is 586. The topological polar surface area (TPSA) is 27.1 Å². The van der Waals surface area contributed by atoms with Crippen LogP contribution in [0.25, 0.3) is 11.0 Å². The van der Waals surface area contributed by atoms with Crippen LogP contribution in [0.2, 0.25) is 0 Å². The van der Waals surface area contributed by atoms with Crippen LogP contribution < -0.4 is 0 Å². The predicted octanol–water partition coefficient (Wildman–Crippen LogP) is 3.13. The number of halogens is 3. The highest BCUT2D eigenvalue weighted by Crippen LogP contribution is 2.22. The minimum atomic E-state index is -0.658. The van der Waals surface area contributed by atoms with Crippen molar-refractivity contribution in [2.45, 2.75) is 26.0 Å². The molecule has 1 heterocycles. The lowest BCUT2D eigenvalue weighted by Crippen LogP contribution is -2.17. The summed E-state index contributed by atoms with van der Waals surface area (Å²) in [6.45, 7) is 2.36. The van der Waals surface area contributed by atoms with Gasteiger partial charge in [-0.3, -0.25) is 0 Å². The van der Waals surface area contributed by atoms with E-state index < -0.39 is 11.6 Å². The number of ether oxygens (including phenoxy) is 1.